The Bertz CT molecular complexity index is 744. The summed E-state index contributed by atoms with van der Waals surface area (Å²) >= 11 is 0. The molecule has 8 heteroatoms. The van der Waals surface area contributed by atoms with Crippen LogP contribution in [0.3, 0.4) is 0 Å². The smallest absolute Gasteiger partial charge is 0.293 e. The number of amides is 1. The summed E-state index contributed by atoms with van der Waals surface area (Å²) in [4.78, 5) is 16.2. The minimum Gasteiger partial charge on any atom is -0.370 e. The number of halogens is 1. The van der Waals surface area contributed by atoms with Crippen LogP contribution in [0.5, 0.6) is 0 Å². The summed E-state index contributed by atoms with van der Waals surface area (Å²) in [5.74, 6) is -0.794. The van der Waals surface area contributed by atoms with E-state index >= 15 is 0 Å². The average molecular weight is 318 g/mol. The average Bonchev–Trinajstić information content (AvgIpc) is 3.13. The normalized spacial score (nSPS) is 22.0. The Hall–Kier alpha value is -2.32. The molecule has 0 bridgehead atoms. The van der Waals surface area contributed by atoms with Gasteiger partial charge in [-0.1, -0.05) is 11.2 Å². The minimum absolute atomic E-state index is 0.0688. The molecule has 0 radical (unpaired) electrons. The Morgan fingerprint density at radius 2 is 2.30 bits per heavy atom. The van der Waals surface area contributed by atoms with Gasteiger partial charge in [-0.2, -0.15) is 4.98 Å². The monoisotopic (exact) mass is 318 g/mol. The summed E-state index contributed by atoms with van der Waals surface area (Å²) in [6.45, 7) is 2.10. The van der Waals surface area contributed by atoms with Gasteiger partial charge in [-0.15, -0.1) is 0 Å². The standard InChI is InChI=1S/C15H15FN4O3/c16-10-3-1-2-9(4-10)14-19-12(20-23-14)13(21)18-11-5-15(22-6-11)7-17-8-15/h1-4,11,17H,5-8H2,(H,18,21). The maximum absolute atomic E-state index is 13.2. The number of hydrogen-bond acceptors (Lipinski definition) is 6. The van der Waals surface area contributed by atoms with E-state index in [4.69, 9.17) is 9.26 Å². The highest BCUT2D eigenvalue weighted by atomic mass is 19.1. The molecule has 3 heterocycles. The fourth-order valence-corrected chi connectivity index (χ4v) is 2.89. The molecule has 2 aromatic rings. The first-order valence-corrected chi connectivity index (χ1v) is 7.39. The van der Waals surface area contributed by atoms with Gasteiger partial charge < -0.3 is 19.9 Å². The summed E-state index contributed by atoms with van der Waals surface area (Å²) < 4.78 is 24.0. The highest BCUT2D eigenvalue weighted by Crippen LogP contribution is 2.29. The van der Waals surface area contributed by atoms with Crippen LogP contribution in [0.1, 0.15) is 17.0 Å². The zero-order valence-electron chi connectivity index (χ0n) is 12.2. The second-order valence-electron chi connectivity index (χ2n) is 5.91. The molecule has 1 amide bonds. The fraction of sp³-hybridized carbons (Fsp3) is 0.400. The quantitative estimate of drug-likeness (QED) is 0.867. The van der Waals surface area contributed by atoms with Crippen molar-refractivity contribution in [2.75, 3.05) is 19.7 Å². The van der Waals surface area contributed by atoms with Crippen molar-refractivity contribution >= 4 is 5.91 Å². The van der Waals surface area contributed by atoms with Crippen molar-refractivity contribution < 1.29 is 18.4 Å². The highest BCUT2D eigenvalue weighted by Gasteiger charge is 2.45. The van der Waals surface area contributed by atoms with Gasteiger partial charge in [0.1, 0.15) is 5.82 Å². The number of ether oxygens (including phenoxy) is 1. The van der Waals surface area contributed by atoms with E-state index in [-0.39, 0.29) is 23.4 Å². The van der Waals surface area contributed by atoms with Gasteiger partial charge in [-0.25, -0.2) is 4.39 Å². The number of carbonyl (C=O) groups excluding carboxylic acids is 1. The van der Waals surface area contributed by atoms with Crippen molar-refractivity contribution in [3.05, 3.63) is 35.9 Å². The third kappa shape index (κ3) is 2.71. The van der Waals surface area contributed by atoms with Gasteiger partial charge in [-0.05, 0) is 18.2 Å². The molecule has 23 heavy (non-hydrogen) atoms. The molecule has 120 valence electrons. The van der Waals surface area contributed by atoms with Gasteiger partial charge in [-0.3, -0.25) is 4.79 Å². The van der Waals surface area contributed by atoms with E-state index in [1.54, 1.807) is 6.07 Å². The molecule has 1 unspecified atom stereocenters. The molecule has 1 atom stereocenters. The predicted octanol–water partition coefficient (Wildman–Crippen LogP) is 0.736. The fourth-order valence-electron chi connectivity index (χ4n) is 2.89. The summed E-state index contributed by atoms with van der Waals surface area (Å²) in [5.41, 5.74) is 0.294. The minimum atomic E-state index is -0.422. The third-order valence-corrected chi connectivity index (χ3v) is 4.14. The number of rotatable bonds is 3. The lowest BCUT2D eigenvalue weighted by molar-refractivity contribution is -0.0360. The van der Waals surface area contributed by atoms with E-state index in [1.807, 2.05) is 0 Å². The van der Waals surface area contributed by atoms with Gasteiger partial charge in [0.2, 0.25) is 0 Å². The van der Waals surface area contributed by atoms with Crippen LogP contribution in [0, 0.1) is 5.82 Å². The van der Waals surface area contributed by atoms with Crippen molar-refractivity contribution in [2.24, 2.45) is 0 Å². The molecule has 1 aromatic heterocycles. The first-order chi connectivity index (χ1) is 11.1. The Labute approximate surface area is 131 Å². The van der Waals surface area contributed by atoms with Crippen molar-refractivity contribution in [1.29, 1.82) is 0 Å². The summed E-state index contributed by atoms with van der Waals surface area (Å²) in [6.07, 6.45) is 0.764. The zero-order valence-corrected chi connectivity index (χ0v) is 12.2. The highest BCUT2D eigenvalue weighted by molar-refractivity contribution is 5.90. The number of benzene rings is 1. The van der Waals surface area contributed by atoms with E-state index in [1.165, 1.54) is 18.2 Å². The molecule has 2 saturated heterocycles. The molecule has 0 saturated carbocycles. The number of nitrogens with zero attached hydrogens (tertiary/aromatic N) is 2. The third-order valence-electron chi connectivity index (χ3n) is 4.14. The van der Waals surface area contributed by atoms with Gasteiger partial charge in [0.15, 0.2) is 0 Å². The molecule has 1 spiro atoms. The molecule has 1 aromatic carbocycles. The van der Waals surface area contributed by atoms with E-state index < -0.39 is 11.7 Å². The molecule has 2 aliphatic rings. The van der Waals surface area contributed by atoms with Gasteiger partial charge in [0, 0.05) is 25.1 Å². The SMILES string of the molecule is O=C(NC1COC2(CNC2)C1)c1noc(-c2cccc(F)c2)n1. The van der Waals surface area contributed by atoms with Gasteiger partial charge in [0.25, 0.3) is 17.6 Å². The maximum Gasteiger partial charge on any atom is 0.293 e. The zero-order chi connectivity index (χ0) is 15.9. The number of aromatic nitrogens is 2. The summed E-state index contributed by atoms with van der Waals surface area (Å²) in [5, 5.41) is 9.67. The summed E-state index contributed by atoms with van der Waals surface area (Å²) in [6, 6.07) is 5.69. The van der Waals surface area contributed by atoms with Crippen molar-refractivity contribution in [2.45, 2.75) is 18.1 Å². The van der Waals surface area contributed by atoms with Crippen LogP contribution < -0.4 is 10.6 Å². The van der Waals surface area contributed by atoms with E-state index in [0.717, 1.165) is 19.5 Å². The van der Waals surface area contributed by atoms with Crippen LogP contribution in [-0.4, -0.2) is 47.4 Å². The van der Waals surface area contributed by atoms with Gasteiger partial charge >= 0.3 is 0 Å². The maximum atomic E-state index is 13.2. The topological polar surface area (TPSA) is 89.3 Å². The van der Waals surface area contributed by atoms with Gasteiger partial charge in [0.05, 0.1) is 18.2 Å². The molecule has 2 fully saturated rings. The Morgan fingerprint density at radius 1 is 1.43 bits per heavy atom. The largest absolute Gasteiger partial charge is 0.370 e. The lowest BCUT2D eigenvalue weighted by Gasteiger charge is -2.38. The van der Waals surface area contributed by atoms with Crippen LogP contribution in [0.2, 0.25) is 0 Å². The Kier molecular flexibility index (Phi) is 3.35. The number of carbonyl (C=O) groups is 1. The van der Waals surface area contributed by atoms with Crippen LogP contribution in [0.15, 0.2) is 28.8 Å². The number of hydrogen-bond donors (Lipinski definition) is 2. The first kappa shape index (κ1) is 14.3. The van der Waals surface area contributed by atoms with Crippen molar-refractivity contribution in [3.63, 3.8) is 0 Å². The van der Waals surface area contributed by atoms with Crippen molar-refractivity contribution in [1.82, 2.24) is 20.8 Å². The molecule has 0 aliphatic carbocycles. The predicted molar refractivity (Wildman–Crippen MR) is 77.1 cm³/mol. The van der Waals surface area contributed by atoms with Crippen LogP contribution in [0.4, 0.5) is 4.39 Å². The van der Waals surface area contributed by atoms with Crippen LogP contribution in [-0.2, 0) is 4.74 Å². The van der Waals surface area contributed by atoms with Crippen molar-refractivity contribution in [3.8, 4) is 11.5 Å². The molecular formula is C15H15FN4O3. The van der Waals surface area contributed by atoms with E-state index in [0.29, 0.717) is 12.2 Å². The molecule has 2 aliphatic heterocycles. The van der Waals surface area contributed by atoms with E-state index in [2.05, 4.69) is 20.8 Å². The van der Waals surface area contributed by atoms with E-state index in [9.17, 15) is 9.18 Å². The number of nitrogens with one attached hydrogen (secondary N) is 2. The molecule has 4 rings (SSSR count). The summed E-state index contributed by atoms with van der Waals surface area (Å²) in [7, 11) is 0. The molecule has 7 nitrogen and oxygen atoms in total. The lowest BCUT2D eigenvalue weighted by Crippen LogP contribution is -2.59. The Morgan fingerprint density at radius 3 is 3.00 bits per heavy atom. The second kappa shape index (κ2) is 5.39. The van der Waals surface area contributed by atoms with Crippen LogP contribution in [0.25, 0.3) is 11.5 Å². The van der Waals surface area contributed by atoms with Crippen LogP contribution >= 0.6 is 0 Å². The second-order valence-corrected chi connectivity index (χ2v) is 5.91. The molecule has 2 N–H and O–H groups in total. The molecular weight excluding hydrogens is 303 g/mol. The lowest BCUT2D eigenvalue weighted by atomic mass is 9.92. The Balaban J connectivity index is 1.43. The first-order valence-electron chi connectivity index (χ1n) is 7.39.